The van der Waals surface area contributed by atoms with Crippen LogP contribution in [0.5, 0.6) is 11.5 Å². The molecule has 0 saturated carbocycles. The van der Waals surface area contributed by atoms with E-state index in [2.05, 4.69) is 5.32 Å². The van der Waals surface area contributed by atoms with E-state index in [0.29, 0.717) is 33.2 Å². The Morgan fingerprint density at radius 2 is 1.72 bits per heavy atom. The monoisotopic (exact) mass is 507 g/mol. The van der Waals surface area contributed by atoms with E-state index in [1.165, 1.54) is 18.2 Å². The van der Waals surface area contributed by atoms with Gasteiger partial charge in [-0.25, -0.2) is 4.79 Å². The summed E-state index contributed by atoms with van der Waals surface area (Å²) in [5.74, 6) is -0.283. The summed E-state index contributed by atoms with van der Waals surface area (Å²) < 4.78 is 21.8. The van der Waals surface area contributed by atoms with Gasteiger partial charge in [0, 0.05) is 16.3 Å². The summed E-state index contributed by atoms with van der Waals surface area (Å²) in [5.41, 5.74) is 1.24. The number of methoxy groups -OCH3 is 1. The Bertz CT molecular complexity index is 1460. The normalized spacial score (nSPS) is 10.6. The topological polar surface area (TPSA) is 104 Å². The lowest BCUT2D eigenvalue weighted by Gasteiger charge is -2.12. The number of rotatable bonds is 8. The van der Waals surface area contributed by atoms with Crippen LogP contribution in [0.1, 0.15) is 17.3 Å². The van der Waals surface area contributed by atoms with Crippen LogP contribution in [0, 0.1) is 0 Å². The molecule has 9 heteroatoms. The number of fused-ring (bicyclic) bond motifs is 1. The molecule has 1 amide bonds. The molecule has 184 valence electrons. The van der Waals surface area contributed by atoms with Crippen LogP contribution < -0.4 is 20.2 Å². The van der Waals surface area contributed by atoms with Gasteiger partial charge in [-0.2, -0.15) is 0 Å². The first kappa shape index (κ1) is 24.8. The van der Waals surface area contributed by atoms with Gasteiger partial charge in [-0.05, 0) is 73.7 Å². The summed E-state index contributed by atoms with van der Waals surface area (Å²) in [6.45, 7) is 1.53. The van der Waals surface area contributed by atoms with Crippen LogP contribution in [0.4, 0.5) is 5.69 Å². The third kappa shape index (κ3) is 5.50. The first-order chi connectivity index (χ1) is 17.4. The highest BCUT2D eigenvalue weighted by atomic mass is 35.5. The Morgan fingerprint density at radius 1 is 1.00 bits per heavy atom. The van der Waals surface area contributed by atoms with E-state index in [4.69, 9.17) is 30.2 Å². The molecule has 0 aliphatic carbocycles. The maximum absolute atomic E-state index is 13.3. The van der Waals surface area contributed by atoms with Gasteiger partial charge >= 0.3 is 5.97 Å². The summed E-state index contributed by atoms with van der Waals surface area (Å²) in [6, 6.07) is 17.8. The van der Waals surface area contributed by atoms with Crippen molar-refractivity contribution in [2.75, 3.05) is 25.6 Å². The Hall–Kier alpha value is -4.30. The highest BCUT2D eigenvalue weighted by molar-refractivity contribution is 6.31. The van der Waals surface area contributed by atoms with Crippen molar-refractivity contribution in [3.05, 3.63) is 87.5 Å². The third-order valence-corrected chi connectivity index (χ3v) is 5.43. The molecule has 0 fully saturated rings. The smallest absolute Gasteiger partial charge is 0.338 e. The Labute approximate surface area is 211 Å². The Morgan fingerprint density at radius 3 is 2.39 bits per heavy atom. The van der Waals surface area contributed by atoms with Crippen molar-refractivity contribution in [1.82, 2.24) is 0 Å². The van der Waals surface area contributed by atoms with Gasteiger partial charge in [0.1, 0.15) is 11.3 Å². The zero-order chi connectivity index (χ0) is 25.7. The highest BCUT2D eigenvalue weighted by Gasteiger charge is 2.19. The van der Waals surface area contributed by atoms with Crippen molar-refractivity contribution in [1.29, 1.82) is 0 Å². The lowest BCUT2D eigenvalue weighted by molar-refractivity contribution is -0.118. The quantitative estimate of drug-likeness (QED) is 0.322. The van der Waals surface area contributed by atoms with E-state index in [-0.39, 0.29) is 23.5 Å². The average molecular weight is 508 g/mol. The molecule has 4 aromatic rings. The number of carbonyl (C=O) groups excluding carboxylic acids is 2. The molecule has 0 spiro atoms. The first-order valence-electron chi connectivity index (χ1n) is 11.0. The molecule has 0 unspecified atom stereocenters. The lowest BCUT2D eigenvalue weighted by atomic mass is 10.1. The molecule has 0 bridgehead atoms. The number of esters is 1. The van der Waals surface area contributed by atoms with Crippen molar-refractivity contribution >= 4 is 40.1 Å². The number of carbonyl (C=O) groups is 2. The number of hydrogen-bond donors (Lipinski definition) is 1. The predicted octanol–water partition coefficient (Wildman–Crippen LogP) is 5.32. The molecule has 4 rings (SSSR count). The second kappa shape index (κ2) is 11.0. The second-order valence-corrected chi connectivity index (χ2v) is 8.03. The maximum atomic E-state index is 13.3. The van der Waals surface area contributed by atoms with Crippen molar-refractivity contribution in [3.63, 3.8) is 0 Å². The minimum Gasteiger partial charge on any atom is -0.497 e. The molecular weight excluding hydrogens is 486 g/mol. The van der Waals surface area contributed by atoms with Gasteiger partial charge in [-0.15, -0.1) is 0 Å². The van der Waals surface area contributed by atoms with Crippen LogP contribution in [0.15, 0.2) is 75.9 Å². The zero-order valence-electron chi connectivity index (χ0n) is 19.5. The predicted molar refractivity (Wildman–Crippen MR) is 136 cm³/mol. The molecule has 0 aliphatic heterocycles. The van der Waals surface area contributed by atoms with Gasteiger partial charge in [0.05, 0.1) is 24.7 Å². The fourth-order valence-electron chi connectivity index (χ4n) is 3.45. The first-order valence-corrected chi connectivity index (χ1v) is 11.4. The standard InChI is InChI=1S/C27H22ClNO7/c1-3-34-27(32)17-4-9-19(10-5-17)29-23(30)15-35-26-24(31)21-14-18(28)8-13-22(21)36-25(26)16-6-11-20(33-2)12-7-16/h4-14H,3,15H2,1-2H3,(H,29,30). The number of hydrogen-bond acceptors (Lipinski definition) is 7. The van der Waals surface area contributed by atoms with Gasteiger partial charge in [-0.1, -0.05) is 11.6 Å². The van der Waals surface area contributed by atoms with Crippen molar-refractivity contribution in [2.45, 2.75) is 6.92 Å². The van der Waals surface area contributed by atoms with E-state index in [0.717, 1.165) is 0 Å². The zero-order valence-corrected chi connectivity index (χ0v) is 20.3. The molecule has 1 heterocycles. The number of benzene rings is 3. The van der Waals surface area contributed by atoms with Crippen molar-refractivity contribution in [2.24, 2.45) is 0 Å². The molecule has 36 heavy (non-hydrogen) atoms. The van der Waals surface area contributed by atoms with Crippen LogP contribution in [0.2, 0.25) is 5.02 Å². The molecule has 1 aromatic heterocycles. The molecule has 1 N–H and O–H groups in total. The molecule has 0 atom stereocenters. The number of anilines is 1. The fraction of sp³-hybridized carbons (Fsp3) is 0.148. The van der Waals surface area contributed by atoms with E-state index >= 15 is 0 Å². The van der Waals surface area contributed by atoms with Crippen LogP contribution in [-0.2, 0) is 9.53 Å². The Balaban J connectivity index is 1.58. The van der Waals surface area contributed by atoms with Crippen LogP contribution in [-0.4, -0.2) is 32.2 Å². The van der Waals surface area contributed by atoms with Gasteiger partial charge in [-0.3, -0.25) is 9.59 Å². The fourth-order valence-corrected chi connectivity index (χ4v) is 3.62. The number of ether oxygens (including phenoxy) is 3. The van der Waals surface area contributed by atoms with E-state index in [9.17, 15) is 14.4 Å². The summed E-state index contributed by atoms with van der Waals surface area (Å²) >= 11 is 6.07. The summed E-state index contributed by atoms with van der Waals surface area (Å²) in [7, 11) is 1.55. The Kier molecular flexibility index (Phi) is 7.56. The van der Waals surface area contributed by atoms with E-state index in [1.807, 2.05) is 0 Å². The molecule has 8 nitrogen and oxygen atoms in total. The second-order valence-electron chi connectivity index (χ2n) is 7.59. The highest BCUT2D eigenvalue weighted by Crippen LogP contribution is 2.32. The van der Waals surface area contributed by atoms with Gasteiger partial charge in [0.2, 0.25) is 11.2 Å². The largest absolute Gasteiger partial charge is 0.497 e. The molecule has 3 aromatic carbocycles. The van der Waals surface area contributed by atoms with Crippen LogP contribution in [0.3, 0.4) is 0 Å². The number of amides is 1. The summed E-state index contributed by atoms with van der Waals surface area (Å²) in [4.78, 5) is 37.6. The number of nitrogens with one attached hydrogen (secondary N) is 1. The minimum absolute atomic E-state index is 0.122. The SMILES string of the molecule is CCOC(=O)c1ccc(NC(=O)COc2c(-c3ccc(OC)cc3)oc3ccc(Cl)cc3c2=O)cc1. The minimum atomic E-state index is -0.509. The summed E-state index contributed by atoms with van der Waals surface area (Å²) in [6.07, 6.45) is 0. The number of halogens is 1. The van der Waals surface area contributed by atoms with Crippen molar-refractivity contribution < 1.29 is 28.2 Å². The van der Waals surface area contributed by atoms with Gasteiger partial charge in [0.15, 0.2) is 12.4 Å². The maximum Gasteiger partial charge on any atom is 0.338 e. The van der Waals surface area contributed by atoms with Gasteiger partial charge < -0.3 is 23.9 Å². The average Bonchev–Trinajstić information content (AvgIpc) is 2.89. The van der Waals surface area contributed by atoms with Crippen molar-refractivity contribution in [3.8, 4) is 22.8 Å². The lowest BCUT2D eigenvalue weighted by Crippen LogP contribution is -2.22. The van der Waals surface area contributed by atoms with E-state index < -0.39 is 23.9 Å². The van der Waals surface area contributed by atoms with E-state index in [1.54, 1.807) is 62.6 Å². The molecular formula is C27H22ClNO7. The molecule has 0 radical (unpaired) electrons. The molecule has 0 aliphatic rings. The molecule has 0 saturated heterocycles. The summed E-state index contributed by atoms with van der Waals surface area (Å²) in [5, 5.41) is 3.25. The van der Waals surface area contributed by atoms with Gasteiger partial charge in [0.25, 0.3) is 5.91 Å². The third-order valence-electron chi connectivity index (χ3n) is 5.19. The van der Waals surface area contributed by atoms with Crippen LogP contribution in [0.25, 0.3) is 22.3 Å². The van der Waals surface area contributed by atoms with Crippen LogP contribution >= 0.6 is 11.6 Å².